The van der Waals surface area contributed by atoms with E-state index in [0.29, 0.717) is 5.15 Å². The Morgan fingerprint density at radius 1 is 1.32 bits per heavy atom. The molecule has 3 heterocycles. The first-order valence-electron chi connectivity index (χ1n) is 6.47. The Hall–Kier alpha value is -1.33. The minimum atomic E-state index is 0.681. The van der Waals surface area contributed by atoms with Crippen LogP contribution >= 0.6 is 11.6 Å². The summed E-state index contributed by atoms with van der Waals surface area (Å²) in [6.07, 6.45) is 1.70. The van der Waals surface area contributed by atoms with Gasteiger partial charge in [-0.2, -0.15) is 0 Å². The molecule has 102 valence electrons. The van der Waals surface area contributed by atoms with Crippen LogP contribution in [0.15, 0.2) is 6.20 Å². The van der Waals surface area contributed by atoms with Gasteiger partial charge in [-0.05, 0) is 13.8 Å². The van der Waals surface area contributed by atoms with Gasteiger partial charge in [-0.15, -0.1) is 0 Å². The standard InChI is InChI=1S/C13H18ClN5/c1-9-10(2)19-5-4-18(8-13(19)16-9)7-12-15-6-11(14)17(12)3/h6H,4-5,7-8H2,1-3H3. The van der Waals surface area contributed by atoms with E-state index in [2.05, 4.69) is 33.3 Å². The van der Waals surface area contributed by atoms with E-state index < -0.39 is 0 Å². The van der Waals surface area contributed by atoms with Gasteiger partial charge in [0.25, 0.3) is 0 Å². The van der Waals surface area contributed by atoms with E-state index in [4.69, 9.17) is 11.6 Å². The van der Waals surface area contributed by atoms with Gasteiger partial charge in [-0.3, -0.25) is 4.90 Å². The topological polar surface area (TPSA) is 38.9 Å². The van der Waals surface area contributed by atoms with Crippen LogP contribution in [0.2, 0.25) is 5.15 Å². The van der Waals surface area contributed by atoms with Gasteiger partial charge in [0, 0.05) is 25.8 Å². The van der Waals surface area contributed by atoms with Gasteiger partial charge < -0.3 is 9.13 Å². The molecule has 0 spiro atoms. The lowest BCUT2D eigenvalue weighted by molar-refractivity contribution is 0.201. The zero-order valence-corrected chi connectivity index (χ0v) is 12.3. The van der Waals surface area contributed by atoms with Crippen molar-refractivity contribution < 1.29 is 0 Å². The van der Waals surface area contributed by atoms with E-state index in [9.17, 15) is 0 Å². The molecule has 0 saturated carbocycles. The summed E-state index contributed by atoms with van der Waals surface area (Å²) >= 11 is 6.02. The summed E-state index contributed by atoms with van der Waals surface area (Å²) in [6.45, 7) is 7.92. The Kier molecular flexibility index (Phi) is 3.11. The molecule has 0 aliphatic carbocycles. The maximum absolute atomic E-state index is 6.02. The Morgan fingerprint density at radius 3 is 2.79 bits per heavy atom. The molecule has 2 aromatic rings. The quantitative estimate of drug-likeness (QED) is 0.843. The number of halogens is 1. The third kappa shape index (κ3) is 2.17. The first kappa shape index (κ1) is 12.7. The van der Waals surface area contributed by atoms with Crippen molar-refractivity contribution in [1.29, 1.82) is 0 Å². The van der Waals surface area contributed by atoms with Crippen molar-refractivity contribution in [2.75, 3.05) is 6.54 Å². The van der Waals surface area contributed by atoms with Crippen molar-refractivity contribution in [1.82, 2.24) is 24.0 Å². The third-order valence-electron chi connectivity index (χ3n) is 3.93. The second kappa shape index (κ2) is 4.65. The van der Waals surface area contributed by atoms with Gasteiger partial charge in [0.05, 0.1) is 25.0 Å². The third-order valence-corrected chi connectivity index (χ3v) is 4.29. The zero-order valence-electron chi connectivity index (χ0n) is 11.5. The SMILES string of the molecule is Cc1nc2n(c1C)CCN(Cc1ncc(Cl)n1C)C2. The number of imidazole rings is 2. The highest BCUT2D eigenvalue weighted by Gasteiger charge is 2.21. The normalized spacial score (nSPS) is 15.8. The van der Waals surface area contributed by atoms with Crippen LogP contribution in [0, 0.1) is 13.8 Å². The van der Waals surface area contributed by atoms with Gasteiger partial charge in [-0.25, -0.2) is 9.97 Å². The predicted molar refractivity (Wildman–Crippen MR) is 74.0 cm³/mol. The maximum Gasteiger partial charge on any atom is 0.128 e. The molecule has 5 nitrogen and oxygen atoms in total. The van der Waals surface area contributed by atoms with Crippen LogP contribution in [0.5, 0.6) is 0 Å². The Bertz CT molecular complexity index is 613. The van der Waals surface area contributed by atoms with E-state index in [1.54, 1.807) is 6.20 Å². The monoisotopic (exact) mass is 279 g/mol. The lowest BCUT2D eigenvalue weighted by Crippen LogP contribution is -2.34. The van der Waals surface area contributed by atoms with E-state index in [-0.39, 0.29) is 0 Å². The number of hydrogen-bond acceptors (Lipinski definition) is 3. The van der Waals surface area contributed by atoms with E-state index in [1.165, 1.54) is 5.69 Å². The molecule has 0 bridgehead atoms. The summed E-state index contributed by atoms with van der Waals surface area (Å²) in [5.74, 6) is 2.15. The predicted octanol–water partition coefficient (Wildman–Crippen LogP) is 1.90. The minimum absolute atomic E-state index is 0.681. The lowest BCUT2D eigenvalue weighted by atomic mass is 10.3. The highest BCUT2D eigenvalue weighted by atomic mass is 35.5. The van der Waals surface area contributed by atoms with Crippen molar-refractivity contribution in [2.24, 2.45) is 7.05 Å². The van der Waals surface area contributed by atoms with Gasteiger partial charge in [0.2, 0.25) is 0 Å². The molecule has 1 aliphatic heterocycles. The smallest absolute Gasteiger partial charge is 0.128 e. The summed E-state index contributed by atoms with van der Waals surface area (Å²) < 4.78 is 4.25. The molecular formula is C13H18ClN5. The average Bonchev–Trinajstić information content (AvgIpc) is 2.84. The number of fused-ring (bicyclic) bond motifs is 1. The molecule has 3 rings (SSSR count). The van der Waals surface area contributed by atoms with E-state index in [0.717, 1.165) is 43.5 Å². The molecule has 0 fully saturated rings. The summed E-state index contributed by atoms with van der Waals surface area (Å²) in [5.41, 5.74) is 2.42. The largest absolute Gasteiger partial charge is 0.330 e. The first-order chi connectivity index (χ1) is 9.06. The van der Waals surface area contributed by atoms with Crippen LogP contribution < -0.4 is 0 Å². The summed E-state index contributed by atoms with van der Waals surface area (Å²) in [4.78, 5) is 11.3. The molecule has 0 unspecified atom stereocenters. The Labute approximate surface area is 117 Å². The molecule has 19 heavy (non-hydrogen) atoms. The van der Waals surface area contributed by atoms with Gasteiger partial charge in [0.1, 0.15) is 16.8 Å². The van der Waals surface area contributed by atoms with E-state index >= 15 is 0 Å². The number of aromatic nitrogens is 4. The van der Waals surface area contributed by atoms with E-state index in [1.807, 2.05) is 11.6 Å². The van der Waals surface area contributed by atoms with Crippen LogP contribution in [-0.2, 0) is 26.7 Å². The molecule has 1 aliphatic rings. The van der Waals surface area contributed by atoms with Gasteiger partial charge in [0.15, 0.2) is 0 Å². The molecule has 6 heteroatoms. The second-order valence-electron chi connectivity index (χ2n) is 5.12. The number of rotatable bonds is 2. The summed E-state index contributed by atoms with van der Waals surface area (Å²) in [6, 6.07) is 0. The Morgan fingerprint density at radius 2 is 2.11 bits per heavy atom. The maximum atomic E-state index is 6.02. The van der Waals surface area contributed by atoms with Crippen molar-refractivity contribution in [3.8, 4) is 0 Å². The molecule has 0 aromatic carbocycles. The average molecular weight is 280 g/mol. The number of hydrogen-bond donors (Lipinski definition) is 0. The number of nitrogens with zero attached hydrogens (tertiary/aromatic N) is 5. The molecule has 0 radical (unpaired) electrons. The van der Waals surface area contributed by atoms with Crippen molar-refractivity contribution in [2.45, 2.75) is 33.5 Å². The minimum Gasteiger partial charge on any atom is -0.330 e. The highest BCUT2D eigenvalue weighted by molar-refractivity contribution is 6.29. The lowest BCUT2D eigenvalue weighted by Gasteiger charge is -2.27. The summed E-state index contributed by atoms with van der Waals surface area (Å²) in [7, 11) is 1.95. The van der Waals surface area contributed by atoms with Crippen LogP contribution in [0.4, 0.5) is 0 Å². The van der Waals surface area contributed by atoms with Crippen LogP contribution in [0.1, 0.15) is 23.0 Å². The van der Waals surface area contributed by atoms with Crippen molar-refractivity contribution >= 4 is 11.6 Å². The fourth-order valence-electron chi connectivity index (χ4n) is 2.57. The van der Waals surface area contributed by atoms with Crippen LogP contribution in [-0.4, -0.2) is 30.5 Å². The molecule has 0 atom stereocenters. The second-order valence-corrected chi connectivity index (χ2v) is 5.50. The number of aryl methyl sites for hydroxylation is 1. The first-order valence-corrected chi connectivity index (χ1v) is 6.85. The molecule has 2 aromatic heterocycles. The van der Waals surface area contributed by atoms with Gasteiger partial charge >= 0.3 is 0 Å². The van der Waals surface area contributed by atoms with Gasteiger partial charge in [-0.1, -0.05) is 11.6 Å². The Balaban J connectivity index is 1.77. The van der Waals surface area contributed by atoms with Crippen molar-refractivity contribution in [3.05, 3.63) is 34.4 Å². The molecule has 0 amide bonds. The fraction of sp³-hybridized carbons (Fsp3) is 0.538. The zero-order chi connectivity index (χ0) is 13.6. The molecular weight excluding hydrogens is 262 g/mol. The van der Waals surface area contributed by atoms with Crippen LogP contribution in [0.3, 0.4) is 0 Å². The molecule has 0 saturated heterocycles. The van der Waals surface area contributed by atoms with Crippen LogP contribution in [0.25, 0.3) is 0 Å². The summed E-state index contributed by atoms with van der Waals surface area (Å²) in [5, 5.41) is 0.681. The molecule has 0 N–H and O–H groups in total. The van der Waals surface area contributed by atoms with Crippen molar-refractivity contribution in [3.63, 3.8) is 0 Å². The fourth-order valence-corrected chi connectivity index (χ4v) is 2.71. The highest BCUT2D eigenvalue weighted by Crippen LogP contribution is 2.19.